The number of hydrogen-bond donors (Lipinski definition) is 1. The topological polar surface area (TPSA) is 23.5 Å². The van der Waals surface area contributed by atoms with Crippen LogP contribution in [0.25, 0.3) is 0 Å². The average Bonchev–Trinajstić information content (AvgIpc) is 2.39. The first-order chi connectivity index (χ1) is 7.81. The summed E-state index contributed by atoms with van der Waals surface area (Å²) in [5, 5.41) is 9.72. The molecule has 1 aromatic carbocycles. The van der Waals surface area contributed by atoms with E-state index in [1.165, 1.54) is 38.0 Å². The lowest BCUT2D eigenvalue weighted by molar-refractivity contribution is 0.173. The highest BCUT2D eigenvalue weighted by Gasteiger charge is 2.11. The Morgan fingerprint density at radius 2 is 1.75 bits per heavy atom. The van der Waals surface area contributed by atoms with E-state index >= 15 is 0 Å². The molecule has 0 bridgehead atoms. The third kappa shape index (κ3) is 2.56. The highest BCUT2D eigenvalue weighted by Crippen LogP contribution is 2.23. The molecule has 1 aliphatic heterocycles. The van der Waals surface area contributed by atoms with Gasteiger partial charge in [0.2, 0.25) is 0 Å². The molecule has 2 rings (SSSR count). The number of aliphatic hydroxyl groups is 1. The summed E-state index contributed by atoms with van der Waals surface area (Å²) in [5.74, 6) is 0. The standard InChI is InChI=1S/C14H21NO/c1-2-14(16)12-6-8-13(9-7-12)15-10-4-3-5-11-15/h6-9,14,16H,2-5,10-11H2,1H3/t14-/m0/s1. The molecule has 2 nitrogen and oxygen atoms in total. The number of hydrogen-bond acceptors (Lipinski definition) is 2. The molecule has 0 aliphatic carbocycles. The molecule has 0 spiro atoms. The summed E-state index contributed by atoms with van der Waals surface area (Å²) >= 11 is 0. The second-order valence-corrected chi connectivity index (χ2v) is 4.56. The number of nitrogens with zero attached hydrogens (tertiary/aromatic N) is 1. The van der Waals surface area contributed by atoms with Gasteiger partial charge in [0.1, 0.15) is 0 Å². The normalized spacial score (nSPS) is 18.5. The van der Waals surface area contributed by atoms with Crippen molar-refractivity contribution >= 4 is 5.69 Å². The third-order valence-corrected chi connectivity index (χ3v) is 3.39. The predicted molar refractivity (Wildman–Crippen MR) is 67.8 cm³/mol. The van der Waals surface area contributed by atoms with Gasteiger partial charge in [-0.25, -0.2) is 0 Å². The summed E-state index contributed by atoms with van der Waals surface area (Å²) in [7, 11) is 0. The monoisotopic (exact) mass is 219 g/mol. The van der Waals surface area contributed by atoms with E-state index in [0.717, 1.165) is 12.0 Å². The van der Waals surface area contributed by atoms with Gasteiger partial charge in [0.15, 0.2) is 0 Å². The average molecular weight is 219 g/mol. The largest absolute Gasteiger partial charge is 0.388 e. The molecule has 1 aromatic rings. The van der Waals surface area contributed by atoms with Crippen molar-refractivity contribution in [1.29, 1.82) is 0 Å². The summed E-state index contributed by atoms with van der Waals surface area (Å²) in [4.78, 5) is 2.44. The molecule has 2 heteroatoms. The lowest BCUT2D eigenvalue weighted by Crippen LogP contribution is -2.29. The maximum atomic E-state index is 9.72. The van der Waals surface area contributed by atoms with Crippen LogP contribution in [0.4, 0.5) is 5.69 Å². The Balaban J connectivity index is 2.06. The Hall–Kier alpha value is -1.02. The molecule has 0 unspecified atom stereocenters. The lowest BCUT2D eigenvalue weighted by Gasteiger charge is -2.29. The van der Waals surface area contributed by atoms with E-state index in [4.69, 9.17) is 0 Å². The van der Waals surface area contributed by atoms with E-state index in [1.54, 1.807) is 0 Å². The second-order valence-electron chi connectivity index (χ2n) is 4.56. The van der Waals surface area contributed by atoms with Crippen molar-refractivity contribution in [2.24, 2.45) is 0 Å². The molecule has 1 heterocycles. The minimum Gasteiger partial charge on any atom is -0.388 e. The van der Waals surface area contributed by atoms with Crippen LogP contribution in [0.1, 0.15) is 44.3 Å². The van der Waals surface area contributed by atoms with E-state index in [9.17, 15) is 5.11 Å². The summed E-state index contributed by atoms with van der Waals surface area (Å²) in [5.41, 5.74) is 2.33. The van der Waals surface area contributed by atoms with E-state index in [1.807, 2.05) is 6.92 Å². The molecule has 0 amide bonds. The molecule has 1 fully saturated rings. The van der Waals surface area contributed by atoms with Crippen LogP contribution in [0.3, 0.4) is 0 Å². The SMILES string of the molecule is CC[C@H](O)c1ccc(N2CCCCC2)cc1. The van der Waals surface area contributed by atoms with E-state index < -0.39 is 0 Å². The minimum atomic E-state index is -0.310. The van der Waals surface area contributed by atoms with Crippen molar-refractivity contribution < 1.29 is 5.11 Å². The van der Waals surface area contributed by atoms with Gasteiger partial charge in [-0.2, -0.15) is 0 Å². The summed E-state index contributed by atoms with van der Waals surface area (Å²) < 4.78 is 0. The van der Waals surface area contributed by atoms with Gasteiger partial charge < -0.3 is 10.0 Å². The quantitative estimate of drug-likeness (QED) is 0.844. The second kappa shape index (κ2) is 5.35. The van der Waals surface area contributed by atoms with Crippen LogP contribution in [0, 0.1) is 0 Å². The van der Waals surface area contributed by atoms with Gasteiger partial charge in [0.05, 0.1) is 6.10 Å². The Morgan fingerprint density at radius 3 is 2.31 bits per heavy atom. The molecule has 1 N–H and O–H groups in total. The summed E-state index contributed by atoms with van der Waals surface area (Å²) in [6, 6.07) is 8.38. The fourth-order valence-corrected chi connectivity index (χ4v) is 2.30. The Bertz CT molecular complexity index is 314. The van der Waals surface area contributed by atoms with Crippen molar-refractivity contribution in [1.82, 2.24) is 0 Å². The van der Waals surface area contributed by atoms with Crippen LogP contribution < -0.4 is 4.90 Å². The Labute approximate surface area is 97.9 Å². The number of anilines is 1. The van der Waals surface area contributed by atoms with Gasteiger partial charge in [0.25, 0.3) is 0 Å². The van der Waals surface area contributed by atoms with E-state index in [-0.39, 0.29) is 6.10 Å². The minimum absolute atomic E-state index is 0.310. The van der Waals surface area contributed by atoms with Crippen LogP contribution in [0.2, 0.25) is 0 Å². The molecule has 0 saturated carbocycles. The van der Waals surface area contributed by atoms with Crippen molar-refractivity contribution in [3.63, 3.8) is 0 Å². The van der Waals surface area contributed by atoms with Gasteiger partial charge >= 0.3 is 0 Å². The van der Waals surface area contributed by atoms with Crippen molar-refractivity contribution in [3.05, 3.63) is 29.8 Å². The van der Waals surface area contributed by atoms with Gasteiger partial charge in [-0.05, 0) is 43.4 Å². The summed E-state index contributed by atoms with van der Waals surface area (Å²) in [6.07, 6.45) is 4.45. The van der Waals surface area contributed by atoms with Crippen LogP contribution in [0.5, 0.6) is 0 Å². The fraction of sp³-hybridized carbons (Fsp3) is 0.571. The highest BCUT2D eigenvalue weighted by atomic mass is 16.3. The first-order valence-electron chi connectivity index (χ1n) is 6.34. The Kier molecular flexibility index (Phi) is 3.83. The van der Waals surface area contributed by atoms with Crippen LogP contribution >= 0.6 is 0 Å². The zero-order valence-corrected chi connectivity index (χ0v) is 10.0. The summed E-state index contributed by atoms with van der Waals surface area (Å²) in [6.45, 7) is 4.36. The van der Waals surface area contributed by atoms with Crippen LogP contribution in [-0.4, -0.2) is 18.2 Å². The maximum absolute atomic E-state index is 9.72. The van der Waals surface area contributed by atoms with Crippen molar-refractivity contribution in [3.8, 4) is 0 Å². The van der Waals surface area contributed by atoms with Crippen molar-refractivity contribution in [2.75, 3.05) is 18.0 Å². The van der Waals surface area contributed by atoms with Gasteiger partial charge in [0, 0.05) is 18.8 Å². The van der Waals surface area contributed by atoms with Crippen molar-refractivity contribution in [2.45, 2.75) is 38.7 Å². The first kappa shape index (κ1) is 11.5. The molecule has 0 aromatic heterocycles. The molecule has 1 atom stereocenters. The molecular formula is C14H21NO. The smallest absolute Gasteiger partial charge is 0.0787 e. The molecule has 88 valence electrons. The number of rotatable bonds is 3. The van der Waals surface area contributed by atoms with Gasteiger partial charge in [-0.3, -0.25) is 0 Å². The number of aliphatic hydroxyl groups excluding tert-OH is 1. The fourth-order valence-electron chi connectivity index (χ4n) is 2.30. The molecule has 1 saturated heterocycles. The van der Waals surface area contributed by atoms with E-state index in [0.29, 0.717) is 0 Å². The Morgan fingerprint density at radius 1 is 1.12 bits per heavy atom. The zero-order chi connectivity index (χ0) is 11.4. The predicted octanol–water partition coefficient (Wildman–Crippen LogP) is 3.12. The van der Waals surface area contributed by atoms with Crippen LogP contribution in [0.15, 0.2) is 24.3 Å². The third-order valence-electron chi connectivity index (χ3n) is 3.39. The van der Waals surface area contributed by atoms with Gasteiger partial charge in [-0.15, -0.1) is 0 Å². The molecular weight excluding hydrogens is 198 g/mol. The lowest BCUT2D eigenvalue weighted by atomic mass is 10.1. The van der Waals surface area contributed by atoms with Gasteiger partial charge in [-0.1, -0.05) is 19.1 Å². The maximum Gasteiger partial charge on any atom is 0.0787 e. The highest BCUT2D eigenvalue weighted by molar-refractivity contribution is 5.48. The molecule has 0 radical (unpaired) electrons. The molecule has 16 heavy (non-hydrogen) atoms. The number of piperidine rings is 1. The van der Waals surface area contributed by atoms with E-state index in [2.05, 4.69) is 29.2 Å². The first-order valence-corrected chi connectivity index (χ1v) is 6.34. The molecule has 1 aliphatic rings. The number of benzene rings is 1. The van der Waals surface area contributed by atoms with Crippen LogP contribution in [-0.2, 0) is 0 Å². The zero-order valence-electron chi connectivity index (χ0n) is 10.0.